The van der Waals surface area contributed by atoms with E-state index in [0.29, 0.717) is 12.8 Å². The van der Waals surface area contributed by atoms with Crippen LogP contribution in [0.1, 0.15) is 26.7 Å². The van der Waals surface area contributed by atoms with Crippen molar-refractivity contribution in [3.8, 4) is 0 Å². The van der Waals surface area contributed by atoms with Crippen molar-refractivity contribution < 1.29 is 14.3 Å². The molecule has 1 saturated carbocycles. The highest BCUT2D eigenvalue weighted by molar-refractivity contribution is 5.83. The molecule has 1 unspecified atom stereocenters. The maximum Gasteiger partial charge on any atom is 0.309 e. The summed E-state index contributed by atoms with van der Waals surface area (Å²) in [5.74, 6) is 0.253. The molecule has 3 heteroatoms. The molecule has 0 aromatic rings. The number of methoxy groups -OCH3 is 1. The summed E-state index contributed by atoms with van der Waals surface area (Å²) in [7, 11) is 1.40. The maximum atomic E-state index is 11.4. The fourth-order valence-corrected chi connectivity index (χ4v) is 2.22. The van der Waals surface area contributed by atoms with Gasteiger partial charge >= 0.3 is 5.97 Å². The molecule has 1 aliphatic carbocycles. The Bertz CT molecular complexity index is 208. The highest BCUT2D eigenvalue weighted by Crippen LogP contribution is 2.33. The van der Waals surface area contributed by atoms with E-state index in [1.807, 2.05) is 13.8 Å². The zero-order valence-corrected chi connectivity index (χ0v) is 8.37. The maximum absolute atomic E-state index is 11.4. The highest BCUT2D eigenvalue weighted by Gasteiger charge is 2.37. The average Bonchev–Trinajstić information content (AvgIpc) is 2.02. The van der Waals surface area contributed by atoms with E-state index >= 15 is 0 Å². The predicted octanol–water partition coefficient (Wildman–Crippen LogP) is 1.41. The van der Waals surface area contributed by atoms with Crippen LogP contribution in [0, 0.1) is 17.8 Å². The molecule has 1 rings (SSSR count). The van der Waals surface area contributed by atoms with Crippen molar-refractivity contribution in [2.24, 2.45) is 17.8 Å². The Kier molecular flexibility index (Phi) is 3.07. The van der Waals surface area contributed by atoms with Crippen LogP contribution in [0.3, 0.4) is 0 Å². The first kappa shape index (κ1) is 10.2. The van der Waals surface area contributed by atoms with Gasteiger partial charge in [-0.2, -0.15) is 0 Å². The third-order valence-electron chi connectivity index (χ3n) is 2.80. The first-order chi connectivity index (χ1) is 6.06. The largest absolute Gasteiger partial charge is 0.469 e. The van der Waals surface area contributed by atoms with Crippen LogP contribution < -0.4 is 0 Å². The molecule has 0 saturated heterocycles. The number of carbonyl (C=O) groups excluding carboxylic acids is 2. The van der Waals surface area contributed by atoms with Gasteiger partial charge in [0.05, 0.1) is 13.0 Å². The second-order valence-corrected chi connectivity index (χ2v) is 3.95. The van der Waals surface area contributed by atoms with E-state index in [4.69, 9.17) is 4.74 Å². The van der Waals surface area contributed by atoms with Gasteiger partial charge in [0.1, 0.15) is 5.78 Å². The Morgan fingerprint density at radius 2 is 1.77 bits per heavy atom. The molecule has 0 bridgehead atoms. The topological polar surface area (TPSA) is 43.4 Å². The lowest BCUT2D eigenvalue weighted by Crippen LogP contribution is -2.36. The van der Waals surface area contributed by atoms with Gasteiger partial charge in [0.25, 0.3) is 0 Å². The second kappa shape index (κ2) is 3.90. The number of carbonyl (C=O) groups is 2. The van der Waals surface area contributed by atoms with E-state index in [1.54, 1.807) is 0 Å². The van der Waals surface area contributed by atoms with Crippen LogP contribution >= 0.6 is 0 Å². The molecule has 0 aromatic carbocycles. The highest BCUT2D eigenvalue weighted by atomic mass is 16.5. The number of hydrogen-bond acceptors (Lipinski definition) is 3. The molecule has 74 valence electrons. The van der Waals surface area contributed by atoms with Crippen LogP contribution in [0.5, 0.6) is 0 Å². The Labute approximate surface area is 78.5 Å². The lowest BCUT2D eigenvalue weighted by atomic mass is 9.73. The standard InChI is InChI=1S/C10H16O3/c1-6-4-8(11)5-7(2)9(6)10(12)13-3/h6-7,9H,4-5H2,1-3H3/t6-,7+,9?. The van der Waals surface area contributed by atoms with Gasteiger partial charge in [-0.05, 0) is 11.8 Å². The van der Waals surface area contributed by atoms with Crippen LogP contribution in [0.2, 0.25) is 0 Å². The molecule has 0 radical (unpaired) electrons. The average molecular weight is 184 g/mol. The first-order valence-electron chi connectivity index (χ1n) is 4.65. The monoisotopic (exact) mass is 184 g/mol. The number of hydrogen-bond donors (Lipinski definition) is 0. The van der Waals surface area contributed by atoms with Crippen molar-refractivity contribution >= 4 is 11.8 Å². The van der Waals surface area contributed by atoms with Gasteiger partial charge in [0, 0.05) is 12.8 Å². The van der Waals surface area contributed by atoms with Crippen molar-refractivity contribution in [2.45, 2.75) is 26.7 Å². The fraction of sp³-hybridized carbons (Fsp3) is 0.800. The van der Waals surface area contributed by atoms with Crippen LogP contribution in [0.15, 0.2) is 0 Å². The van der Waals surface area contributed by atoms with Crippen molar-refractivity contribution in [1.29, 1.82) is 0 Å². The summed E-state index contributed by atoms with van der Waals surface area (Å²) in [6.45, 7) is 3.88. The van der Waals surface area contributed by atoms with Gasteiger partial charge in [-0.1, -0.05) is 13.8 Å². The molecule has 0 spiro atoms. The molecule has 0 heterocycles. The smallest absolute Gasteiger partial charge is 0.309 e. The minimum Gasteiger partial charge on any atom is -0.469 e. The first-order valence-corrected chi connectivity index (χ1v) is 4.65. The molecule has 13 heavy (non-hydrogen) atoms. The van der Waals surface area contributed by atoms with Gasteiger partial charge in [0.15, 0.2) is 0 Å². The second-order valence-electron chi connectivity index (χ2n) is 3.95. The van der Waals surface area contributed by atoms with E-state index in [2.05, 4.69) is 0 Å². The molecule has 3 atom stereocenters. The molecular weight excluding hydrogens is 168 g/mol. The Morgan fingerprint density at radius 3 is 2.15 bits per heavy atom. The molecule has 1 fully saturated rings. The zero-order chi connectivity index (χ0) is 10.0. The summed E-state index contributed by atoms with van der Waals surface area (Å²) in [5, 5.41) is 0. The van der Waals surface area contributed by atoms with Crippen LogP contribution in [0.4, 0.5) is 0 Å². The van der Waals surface area contributed by atoms with Crippen LogP contribution in [0.25, 0.3) is 0 Å². The molecular formula is C10H16O3. The lowest BCUT2D eigenvalue weighted by molar-refractivity contribution is -0.151. The number of Topliss-reactive ketones (excluding diaryl/α,β-unsaturated/α-hetero) is 1. The third kappa shape index (κ3) is 2.08. The summed E-state index contributed by atoms with van der Waals surface area (Å²) in [6, 6.07) is 0. The van der Waals surface area contributed by atoms with Crippen LogP contribution in [-0.4, -0.2) is 18.9 Å². The van der Waals surface area contributed by atoms with Crippen LogP contribution in [-0.2, 0) is 14.3 Å². The molecule has 3 nitrogen and oxygen atoms in total. The Hall–Kier alpha value is -0.860. The summed E-state index contributed by atoms with van der Waals surface area (Å²) in [6.07, 6.45) is 1.04. The van der Waals surface area contributed by atoms with E-state index < -0.39 is 0 Å². The number of ketones is 1. The minimum atomic E-state index is -0.174. The SMILES string of the molecule is COC(=O)C1[C@H](C)CC(=O)C[C@@H]1C. The van der Waals surface area contributed by atoms with Gasteiger partial charge in [-0.3, -0.25) is 9.59 Å². The molecule has 0 N–H and O–H groups in total. The third-order valence-corrected chi connectivity index (χ3v) is 2.80. The van der Waals surface area contributed by atoms with E-state index in [9.17, 15) is 9.59 Å². The molecule has 0 aromatic heterocycles. The summed E-state index contributed by atoms with van der Waals surface area (Å²) in [5.41, 5.74) is 0. The summed E-state index contributed by atoms with van der Waals surface area (Å²) < 4.78 is 4.72. The molecule has 0 amide bonds. The number of esters is 1. The number of rotatable bonds is 1. The molecule has 1 aliphatic rings. The quantitative estimate of drug-likeness (QED) is 0.579. The van der Waals surface area contributed by atoms with Crippen molar-refractivity contribution in [3.05, 3.63) is 0 Å². The lowest BCUT2D eigenvalue weighted by Gasteiger charge is -2.31. The summed E-state index contributed by atoms with van der Waals surface area (Å²) in [4.78, 5) is 22.5. The van der Waals surface area contributed by atoms with Crippen molar-refractivity contribution in [3.63, 3.8) is 0 Å². The predicted molar refractivity (Wildman–Crippen MR) is 48.1 cm³/mol. The van der Waals surface area contributed by atoms with Crippen molar-refractivity contribution in [2.75, 3.05) is 7.11 Å². The number of ether oxygens (including phenoxy) is 1. The Morgan fingerprint density at radius 1 is 1.31 bits per heavy atom. The van der Waals surface area contributed by atoms with Gasteiger partial charge in [0.2, 0.25) is 0 Å². The zero-order valence-electron chi connectivity index (χ0n) is 8.37. The van der Waals surface area contributed by atoms with E-state index in [0.717, 1.165) is 0 Å². The Balaban J connectivity index is 2.72. The molecule has 0 aliphatic heterocycles. The van der Waals surface area contributed by atoms with Gasteiger partial charge in [-0.15, -0.1) is 0 Å². The van der Waals surface area contributed by atoms with E-state index in [-0.39, 0.29) is 29.5 Å². The minimum absolute atomic E-state index is 0.0947. The fourth-order valence-electron chi connectivity index (χ4n) is 2.22. The van der Waals surface area contributed by atoms with E-state index in [1.165, 1.54) is 7.11 Å². The van der Waals surface area contributed by atoms with Gasteiger partial charge in [-0.25, -0.2) is 0 Å². The normalized spacial score (nSPS) is 34.4. The van der Waals surface area contributed by atoms with Crippen molar-refractivity contribution in [1.82, 2.24) is 0 Å². The van der Waals surface area contributed by atoms with Gasteiger partial charge < -0.3 is 4.74 Å². The summed E-state index contributed by atoms with van der Waals surface area (Å²) >= 11 is 0.